The molecule has 0 aliphatic heterocycles. The van der Waals surface area contributed by atoms with Crippen molar-refractivity contribution in [1.29, 1.82) is 0 Å². The number of sulfonamides is 1. The maximum Gasteiger partial charge on any atom is 0.391 e. The summed E-state index contributed by atoms with van der Waals surface area (Å²) in [7, 11) is -2.09. The highest BCUT2D eigenvalue weighted by Crippen LogP contribution is 2.40. The van der Waals surface area contributed by atoms with Crippen molar-refractivity contribution in [3.05, 3.63) is 17.7 Å². The Kier molecular flexibility index (Phi) is 5.91. The Morgan fingerprint density at radius 3 is 2.40 bits per heavy atom. The number of hydrogen-bond acceptors (Lipinski definition) is 5. The second kappa shape index (κ2) is 7.59. The Hall–Kier alpha value is -1.84. The van der Waals surface area contributed by atoms with Gasteiger partial charge in [0, 0.05) is 5.56 Å². The summed E-state index contributed by atoms with van der Waals surface area (Å²) in [5, 5.41) is 7.49. The average molecular weight is 379 g/mol. The molecule has 140 valence electrons. The number of anilines is 1. The Morgan fingerprint density at radius 2 is 1.88 bits per heavy atom. The molecule has 6 nitrogen and oxygen atoms in total. The number of allylic oxidation sites excluding steroid dienone is 1. The Bertz CT molecular complexity index is 727. The van der Waals surface area contributed by atoms with Crippen molar-refractivity contribution in [2.45, 2.75) is 31.9 Å². The smallest absolute Gasteiger partial charge is 0.391 e. The van der Waals surface area contributed by atoms with Gasteiger partial charge in [-0.1, -0.05) is 12.2 Å². The number of ether oxygens (including phenoxy) is 1. The lowest BCUT2D eigenvalue weighted by Gasteiger charge is -2.28. The number of hydrogen-bond donors (Lipinski definition) is 1. The Balaban J connectivity index is 2.08. The standard InChI is InChI=1S/C15H20F3N3O3S/c1-24-14-11(9-13(19-20-14)21-25(2,22)23)6-3-10-4-7-12(8-5-10)15(16,17)18/h3,6,9-10,12H,4-5,7-8H2,1-2H3,(H,19,21). The molecular weight excluding hydrogens is 359 g/mol. The summed E-state index contributed by atoms with van der Waals surface area (Å²) in [5.41, 5.74) is 0.501. The molecule has 0 saturated heterocycles. The molecule has 1 heterocycles. The summed E-state index contributed by atoms with van der Waals surface area (Å²) >= 11 is 0. The normalized spacial score (nSPS) is 22.1. The van der Waals surface area contributed by atoms with E-state index in [1.807, 2.05) is 6.08 Å². The molecule has 1 aliphatic carbocycles. The fourth-order valence-electron chi connectivity index (χ4n) is 2.79. The van der Waals surface area contributed by atoms with Gasteiger partial charge >= 0.3 is 6.18 Å². The van der Waals surface area contributed by atoms with Crippen molar-refractivity contribution in [1.82, 2.24) is 10.2 Å². The molecular formula is C15H20F3N3O3S. The van der Waals surface area contributed by atoms with Crippen LogP contribution in [0.4, 0.5) is 19.0 Å². The largest absolute Gasteiger partial charge is 0.479 e. The highest BCUT2D eigenvalue weighted by atomic mass is 32.2. The molecule has 1 N–H and O–H groups in total. The third-order valence-corrected chi connectivity index (χ3v) is 4.63. The zero-order valence-electron chi connectivity index (χ0n) is 13.9. The van der Waals surface area contributed by atoms with E-state index < -0.39 is 22.1 Å². The van der Waals surface area contributed by atoms with Crippen LogP contribution in [0.15, 0.2) is 12.1 Å². The van der Waals surface area contributed by atoms with Crippen LogP contribution < -0.4 is 9.46 Å². The predicted octanol–water partition coefficient (Wildman–Crippen LogP) is 3.24. The van der Waals surface area contributed by atoms with Gasteiger partial charge in [-0.3, -0.25) is 4.72 Å². The van der Waals surface area contributed by atoms with E-state index in [9.17, 15) is 21.6 Å². The number of halogens is 3. The van der Waals surface area contributed by atoms with Crippen LogP contribution >= 0.6 is 0 Å². The van der Waals surface area contributed by atoms with E-state index in [1.54, 1.807) is 6.08 Å². The van der Waals surface area contributed by atoms with Crippen LogP contribution in [0.25, 0.3) is 6.08 Å². The van der Waals surface area contributed by atoms with Crippen molar-refractivity contribution < 1.29 is 26.3 Å². The lowest BCUT2D eigenvalue weighted by Crippen LogP contribution is -2.27. The van der Waals surface area contributed by atoms with Gasteiger partial charge in [0.2, 0.25) is 15.9 Å². The summed E-state index contributed by atoms with van der Waals surface area (Å²) in [6.07, 6.45) is 1.50. The van der Waals surface area contributed by atoms with Crippen molar-refractivity contribution in [3.63, 3.8) is 0 Å². The van der Waals surface area contributed by atoms with Crippen molar-refractivity contribution in [2.75, 3.05) is 18.1 Å². The maximum absolute atomic E-state index is 12.7. The highest BCUT2D eigenvalue weighted by molar-refractivity contribution is 7.92. The van der Waals surface area contributed by atoms with Crippen LogP contribution in [0.3, 0.4) is 0 Å². The summed E-state index contributed by atoms with van der Waals surface area (Å²) in [4.78, 5) is 0. The number of aromatic nitrogens is 2. The van der Waals surface area contributed by atoms with Crippen molar-refractivity contribution in [3.8, 4) is 5.88 Å². The third-order valence-electron chi connectivity index (χ3n) is 4.05. The SMILES string of the molecule is COc1nnc(NS(C)(=O)=O)cc1C=CC1CCC(C(F)(F)F)CC1. The monoisotopic (exact) mass is 379 g/mol. The molecule has 1 aliphatic rings. The molecule has 0 radical (unpaired) electrons. The molecule has 1 saturated carbocycles. The first-order valence-electron chi connectivity index (χ1n) is 7.73. The molecule has 1 fully saturated rings. The molecule has 0 amide bonds. The second-order valence-electron chi connectivity index (χ2n) is 6.08. The molecule has 0 atom stereocenters. The average Bonchev–Trinajstić information content (AvgIpc) is 2.51. The first-order chi connectivity index (χ1) is 11.6. The zero-order chi connectivity index (χ0) is 18.7. The molecule has 10 heteroatoms. The van der Waals surface area contributed by atoms with E-state index in [-0.39, 0.29) is 30.5 Å². The summed E-state index contributed by atoms with van der Waals surface area (Å²) < 4.78 is 67.9. The molecule has 2 rings (SSSR count). The first kappa shape index (κ1) is 19.5. The molecule has 0 unspecified atom stereocenters. The number of rotatable bonds is 5. The zero-order valence-corrected chi connectivity index (χ0v) is 14.7. The Morgan fingerprint density at radius 1 is 1.24 bits per heavy atom. The molecule has 25 heavy (non-hydrogen) atoms. The van der Waals surface area contributed by atoms with E-state index >= 15 is 0 Å². The first-order valence-corrected chi connectivity index (χ1v) is 9.62. The second-order valence-corrected chi connectivity index (χ2v) is 7.83. The van der Waals surface area contributed by atoms with E-state index in [2.05, 4.69) is 14.9 Å². The van der Waals surface area contributed by atoms with Crippen LogP contribution in [0.5, 0.6) is 5.88 Å². The van der Waals surface area contributed by atoms with Crippen LogP contribution in [-0.4, -0.2) is 38.2 Å². The van der Waals surface area contributed by atoms with Crippen LogP contribution in [0.1, 0.15) is 31.2 Å². The summed E-state index contributed by atoms with van der Waals surface area (Å²) in [6, 6.07) is 1.46. The molecule has 1 aromatic rings. The maximum atomic E-state index is 12.7. The van der Waals surface area contributed by atoms with E-state index in [0.717, 1.165) is 6.26 Å². The van der Waals surface area contributed by atoms with Gasteiger partial charge in [0.25, 0.3) is 0 Å². The summed E-state index contributed by atoms with van der Waals surface area (Å²) in [5.74, 6) is -0.939. The molecule has 1 aromatic heterocycles. The predicted molar refractivity (Wildman–Crippen MR) is 87.6 cm³/mol. The fraction of sp³-hybridized carbons (Fsp3) is 0.600. The van der Waals surface area contributed by atoms with Gasteiger partial charge in [0.15, 0.2) is 5.82 Å². The number of nitrogens with one attached hydrogen (secondary N) is 1. The van der Waals surface area contributed by atoms with Gasteiger partial charge < -0.3 is 4.74 Å². The molecule has 0 spiro atoms. The Labute approximate surface area is 144 Å². The van der Waals surface area contributed by atoms with Crippen molar-refractivity contribution in [2.24, 2.45) is 11.8 Å². The van der Waals surface area contributed by atoms with E-state index in [0.29, 0.717) is 18.4 Å². The minimum atomic E-state index is -4.13. The molecule has 0 aromatic carbocycles. The van der Waals surface area contributed by atoms with Crippen LogP contribution in [-0.2, 0) is 10.0 Å². The lowest BCUT2D eigenvalue weighted by atomic mass is 9.81. The van der Waals surface area contributed by atoms with E-state index in [4.69, 9.17) is 4.74 Å². The number of alkyl halides is 3. The van der Waals surface area contributed by atoms with Gasteiger partial charge in [0.05, 0.1) is 19.3 Å². The number of methoxy groups -OCH3 is 1. The number of nitrogens with zero attached hydrogens (tertiary/aromatic N) is 2. The minimum absolute atomic E-state index is 0.0304. The van der Waals surface area contributed by atoms with Crippen molar-refractivity contribution >= 4 is 21.9 Å². The fourth-order valence-corrected chi connectivity index (χ4v) is 3.27. The van der Waals surface area contributed by atoms with Gasteiger partial charge in [-0.25, -0.2) is 8.42 Å². The van der Waals surface area contributed by atoms with Gasteiger partial charge in [-0.15, -0.1) is 10.2 Å². The quantitative estimate of drug-likeness (QED) is 0.849. The topological polar surface area (TPSA) is 81.2 Å². The van der Waals surface area contributed by atoms with Gasteiger partial charge in [0.1, 0.15) is 0 Å². The van der Waals surface area contributed by atoms with Crippen LogP contribution in [0, 0.1) is 11.8 Å². The minimum Gasteiger partial charge on any atom is -0.479 e. The third kappa shape index (κ3) is 5.87. The van der Waals surface area contributed by atoms with Crippen LogP contribution in [0.2, 0.25) is 0 Å². The van der Waals surface area contributed by atoms with Gasteiger partial charge in [-0.05, 0) is 37.7 Å². The highest BCUT2D eigenvalue weighted by Gasteiger charge is 2.40. The lowest BCUT2D eigenvalue weighted by molar-refractivity contribution is -0.183. The molecule has 0 bridgehead atoms. The van der Waals surface area contributed by atoms with Gasteiger partial charge in [-0.2, -0.15) is 13.2 Å². The summed E-state index contributed by atoms with van der Waals surface area (Å²) in [6.45, 7) is 0. The van der Waals surface area contributed by atoms with E-state index in [1.165, 1.54) is 13.2 Å².